The first-order chi connectivity index (χ1) is 15.5. The fraction of sp³-hybridized carbons (Fsp3) is 0.200. The summed E-state index contributed by atoms with van der Waals surface area (Å²) >= 11 is 0. The molecule has 0 bridgehead atoms. The van der Waals surface area contributed by atoms with Crippen molar-refractivity contribution >= 4 is 29.1 Å². The third-order valence-electron chi connectivity index (χ3n) is 5.31. The highest BCUT2D eigenvalue weighted by molar-refractivity contribution is 6.11. The maximum absolute atomic E-state index is 13.0. The summed E-state index contributed by atoms with van der Waals surface area (Å²) in [4.78, 5) is 43.7. The Balaban J connectivity index is 1.45. The minimum atomic E-state index is -0.345. The standard InChI is InChI=1S/C25H24N4O3/c1-29(25(32)17-12-13-17)22-11-3-2-10-21(22)24(31)28-19-9-6-7-18(15-19)23(30)27-16-20-8-4-5-14-26-20/h2-11,14-15,17H,12-13,16H2,1H3,(H,27,30)(H,28,31). The van der Waals surface area contributed by atoms with Gasteiger partial charge in [-0.25, -0.2) is 0 Å². The summed E-state index contributed by atoms with van der Waals surface area (Å²) in [5.41, 5.74) is 2.63. The number of nitrogens with one attached hydrogen (secondary N) is 2. The molecule has 7 heteroatoms. The average Bonchev–Trinajstić information content (AvgIpc) is 3.68. The summed E-state index contributed by atoms with van der Waals surface area (Å²) < 4.78 is 0. The molecule has 0 aliphatic heterocycles. The third-order valence-corrected chi connectivity index (χ3v) is 5.31. The maximum atomic E-state index is 13.0. The lowest BCUT2D eigenvalue weighted by Gasteiger charge is -2.20. The second-order valence-electron chi connectivity index (χ2n) is 7.73. The maximum Gasteiger partial charge on any atom is 0.257 e. The monoisotopic (exact) mass is 428 g/mol. The second-order valence-corrected chi connectivity index (χ2v) is 7.73. The fourth-order valence-electron chi connectivity index (χ4n) is 3.39. The van der Waals surface area contributed by atoms with Gasteiger partial charge in [-0.2, -0.15) is 0 Å². The molecule has 3 amide bonds. The molecular formula is C25H24N4O3. The van der Waals surface area contributed by atoms with Crippen molar-refractivity contribution in [2.24, 2.45) is 5.92 Å². The molecule has 3 aromatic rings. The van der Waals surface area contributed by atoms with E-state index in [-0.39, 0.29) is 23.6 Å². The minimum Gasteiger partial charge on any atom is -0.346 e. The van der Waals surface area contributed by atoms with Gasteiger partial charge in [-0.15, -0.1) is 0 Å². The molecule has 1 aliphatic carbocycles. The van der Waals surface area contributed by atoms with E-state index in [4.69, 9.17) is 0 Å². The van der Waals surface area contributed by atoms with E-state index in [0.717, 1.165) is 18.5 Å². The van der Waals surface area contributed by atoms with Crippen molar-refractivity contribution in [1.82, 2.24) is 10.3 Å². The number of rotatable bonds is 7. The van der Waals surface area contributed by atoms with Crippen LogP contribution in [0.2, 0.25) is 0 Å². The van der Waals surface area contributed by atoms with Gasteiger partial charge in [-0.3, -0.25) is 19.4 Å². The lowest BCUT2D eigenvalue weighted by molar-refractivity contribution is -0.119. The molecule has 0 spiro atoms. The molecule has 2 N–H and O–H groups in total. The van der Waals surface area contributed by atoms with Gasteiger partial charge in [0, 0.05) is 30.4 Å². The van der Waals surface area contributed by atoms with Crippen molar-refractivity contribution in [3.8, 4) is 0 Å². The van der Waals surface area contributed by atoms with Crippen LogP contribution in [0, 0.1) is 5.92 Å². The number of hydrogen-bond donors (Lipinski definition) is 2. The van der Waals surface area contributed by atoms with E-state index in [9.17, 15) is 14.4 Å². The van der Waals surface area contributed by atoms with Crippen molar-refractivity contribution in [2.45, 2.75) is 19.4 Å². The van der Waals surface area contributed by atoms with Crippen molar-refractivity contribution in [2.75, 3.05) is 17.3 Å². The predicted octanol–water partition coefficient (Wildman–Crippen LogP) is 3.64. The van der Waals surface area contributed by atoms with Gasteiger partial charge in [0.25, 0.3) is 11.8 Å². The Labute approximate surface area is 186 Å². The average molecular weight is 428 g/mol. The molecular weight excluding hydrogens is 404 g/mol. The van der Waals surface area contributed by atoms with Gasteiger partial charge in [0.15, 0.2) is 0 Å². The number of benzene rings is 2. The van der Waals surface area contributed by atoms with E-state index < -0.39 is 0 Å². The highest BCUT2D eigenvalue weighted by Crippen LogP contribution is 2.33. The fourth-order valence-corrected chi connectivity index (χ4v) is 3.39. The van der Waals surface area contributed by atoms with Gasteiger partial charge in [0.1, 0.15) is 0 Å². The Morgan fingerprint density at radius 1 is 0.969 bits per heavy atom. The molecule has 2 aromatic carbocycles. The van der Waals surface area contributed by atoms with E-state index in [1.807, 2.05) is 18.2 Å². The van der Waals surface area contributed by atoms with Gasteiger partial charge >= 0.3 is 0 Å². The molecule has 0 atom stereocenters. The number of amides is 3. The molecule has 1 fully saturated rings. The SMILES string of the molecule is CN(C(=O)C1CC1)c1ccccc1C(=O)Nc1cccc(C(=O)NCc2ccccn2)c1. The predicted molar refractivity (Wildman–Crippen MR) is 122 cm³/mol. The quantitative estimate of drug-likeness (QED) is 0.601. The van der Waals surface area contributed by atoms with E-state index >= 15 is 0 Å². The van der Waals surface area contributed by atoms with Gasteiger partial charge in [0.05, 0.1) is 23.5 Å². The van der Waals surface area contributed by atoms with Gasteiger partial charge in [-0.1, -0.05) is 24.3 Å². The molecule has 1 aliphatic rings. The number of carbonyl (C=O) groups excluding carboxylic acids is 3. The number of aromatic nitrogens is 1. The van der Waals surface area contributed by atoms with Crippen molar-refractivity contribution < 1.29 is 14.4 Å². The van der Waals surface area contributed by atoms with Crippen LogP contribution < -0.4 is 15.5 Å². The van der Waals surface area contributed by atoms with E-state index in [0.29, 0.717) is 29.0 Å². The Bertz CT molecular complexity index is 1140. The normalized spacial score (nSPS) is 12.7. The molecule has 162 valence electrons. The van der Waals surface area contributed by atoms with Gasteiger partial charge < -0.3 is 15.5 Å². The van der Waals surface area contributed by atoms with Crippen LogP contribution in [0.5, 0.6) is 0 Å². The smallest absolute Gasteiger partial charge is 0.257 e. The molecule has 0 unspecified atom stereocenters. The zero-order chi connectivity index (χ0) is 22.5. The van der Waals surface area contributed by atoms with Crippen LogP contribution >= 0.6 is 0 Å². The number of pyridine rings is 1. The van der Waals surface area contributed by atoms with E-state index in [1.165, 1.54) is 0 Å². The van der Waals surface area contributed by atoms with Crippen molar-refractivity contribution in [1.29, 1.82) is 0 Å². The number of nitrogens with zero attached hydrogens (tertiary/aromatic N) is 2. The lowest BCUT2D eigenvalue weighted by Crippen LogP contribution is -2.30. The lowest BCUT2D eigenvalue weighted by atomic mass is 10.1. The number of anilines is 2. The third kappa shape index (κ3) is 5.00. The van der Waals surface area contributed by atoms with Crippen LogP contribution in [0.3, 0.4) is 0 Å². The summed E-state index contributed by atoms with van der Waals surface area (Å²) in [7, 11) is 1.69. The van der Waals surface area contributed by atoms with Crippen LogP contribution in [0.15, 0.2) is 72.9 Å². The summed E-state index contributed by atoms with van der Waals surface area (Å²) in [6, 6.07) is 19.2. The molecule has 0 saturated heterocycles. The molecule has 4 rings (SSSR count). The summed E-state index contributed by atoms with van der Waals surface area (Å²) in [6.07, 6.45) is 3.46. The van der Waals surface area contributed by atoms with Crippen LogP contribution in [-0.4, -0.2) is 29.8 Å². The van der Waals surface area contributed by atoms with Gasteiger partial charge in [-0.05, 0) is 55.3 Å². The van der Waals surface area contributed by atoms with E-state index in [2.05, 4.69) is 15.6 Å². The van der Waals surface area contributed by atoms with Crippen LogP contribution in [0.1, 0.15) is 39.3 Å². The van der Waals surface area contributed by atoms with Crippen molar-refractivity contribution in [3.05, 3.63) is 89.7 Å². The second kappa shape index (κ2) is 9.43. The molecule has 1 heterocycles. The first-order valence-electron chi connectivity index (χ1n) is 10.5. The Kier molecular flexibility index (Phi) is 6.26. The number of hydrogen-bond acceptors (Lipinski definition) is 4. The molecule has 1 aromatic heterocycles. The Hall–Kier alpha value is -4.00. The molecule has 32 heavy (non-hydrogen) atoms. The number of para-hydroxylation sites is 1. The largest absolute Gasteiger partial charge is 0.346 e. The topological polar surface area (TPSA) is 91.4 Å². The molecule has 1 saturated carbocycles. The first-order valence-corrected chi connectivity index (χ1v) is 10.5. The van der Waals surface area contributed by atoms with Crippen LogP contribution in [-0.2, 0) is 11.3 Å². The first kappa shape index (κ1) is 21.2. The van der Waals surface area contributed by atoms with Crippen LogP contribution in [0.4, 0.5) is 11.4 Å². The summed E-state index contributed by atoms with van der Waals surface area (Å²) in [5, 5.41) is 5.66. The highest BCUT2D eigenvalue weighted by atomic mass is 16.2. The van der Waals surface area contributed by atoms with Crippen molar-refractivity contribution in [3.63, 3.8) is 0 Å². The van der Waals surface area contributed by atoms with Gasteiger partial charge in [0.2, 0.25) is 5.91 Å². The zero-order valence-corrected chi connectivity index (χ0v) is 17.7. The minimum absolute atomic E-state index is 0.0248. The van der Waals surface area contributed by atoms with Crippen LogP contribution in [0.25, 0.3) is 0 Å². The summed E-state index contributed by atoms with van der Waals surface area (Å²) in [6.45, 7) is 0.311. The molecule has 0 radical (unpaired) electrons. The number of carbonyl (C=O) groups is 3. The van der Waals surface area contributed by atoms with E-state index in [1.54, 1.807) is 66.7 Å². The summed E-state index contributed by atoms with van der Waals surface area (Å²) in [5.74, 6) is -0.529. The Morgan fingerprint density at radius 3 is 2.50 bits per heavy atom. The zero-order valence-electron chi connectivity index (χ0n) is 17.7. The Morgan fingerprint density at radius 2 is 1.75 bits per heavy atom. The molecule has 7 nitrogen and oxygen atoms in total. The highest BCUT2D eigenvalue weighted by Gasteiger charge is 2.33.